The number of thiophene rings is 1. The first-order valence-electron chi connectivity index (χ1n) is 8.57. The highest BCUT2D eigenvalue weighted by molar-refractivity contribution is 7.99. The van der Waals surface area contributed by atoms with Crippen LogP contribution in [-0.2, 0) is 13.0 Å². The van der Waals surface area contributed by atoms with E-state index in [9.17, 15) is 0 Å². The fourth-order valence-electron chi connectivity index (χ4n) is 3.20. The fourth-order valence-corrected chi connectivity index (χ4v) is 4.99. The van der Waals surface area contributed by atoms with Crippen LogP contribution in [0.5, 0.6) is 0 Å². The molecule has 0 N–H and O–H groups in total. The number of aromatic nitrogens is 4. The summed E-state index contributed by atoms with van der Waals surface area (Å²) < 4.78 is 1.99. The molecule has 3 heterocycles. The van der Waals surface area contributed by atoms with Gasteiger partial charge in [0.05, 0.1) is 0 Å². The van der Waals surface area contributed by atoms with Gasteiger partial charge in [0.1, 0.15) is 6.04 Å². The molecule has 1 aliphatic heterocycles. The van der Waals surface area contributed by atoms with Crippen molar-refractivity contribution in [2.45, 2.75) is 19.0 Å². The molecule has 0 saturated carbocycles. The van der Waals surface area contributed by atoms with Crippen molar-refractivity contribution in [3.63, 3.8) is 0 Å². The maximum atomic E-state index is 4.42. The van der Waals surface area contributed by atoms with Crippen molar-refractivity contribution in [3.8, 4) is 0 Å². The zero-order valence-electron chi connectivity index (χ0n) is 14.0. The number of rotatable bonds is 6. The second kappa shape index (κ2) is 8.12. The first-order valence-corrected chi connectivity index (χ1v) is 10.6. The van der Waals surface area contributed by atoms with Crippen LogP contribution in [0.2, 0.25) is 0 Å². The number of benzene rings is 1. The molecule has 4 rings (SSSR count). The molecule has 2 aromatic heterocycles. The predicted octanol–water partition coefficient (Wildman–Crippen LogP) is 3.12. The molecule has 0 amide bonds. The summed E-state index contributed by atoms with van der Waals surface area (Å²) in [4.78, 5) is 3.84. The Hall–Kier alpha value is -1.70. The minimum Gasteiger partial charge on any atom is -0.287 e. The summed E-state index contributed by atoms with van der Waals surface area (Å²) in [5, 5.41) is 14.8. The first kappa shape index (κ1) is 16.8. The summed E-state index contributed by atoms with van der Waals surface area (Å²) in [5.74, 6) is 3.31. The molecule has 1 saturated heterocycles. The lowest BCUT2D eigenvalue weighted by molar-refractivity contribution is 0.237. The van der Waals surface area contributed by atoms with Crippen LogP contribution in [0.15, 0.2) is 47.8 Å². The third-order valence-electron chi connectivity index (χ3n) is 4.48. The molecule has 1 aliphatic rings. The average molecular weight is 372 g/mol. The van der Waals surface area contributed by atoms with Crippen LogP contribution >= 0.6 is 23.1 Å². The van der Waals surface area contributed by atoms with Crippen molar-refractivity contribution in [1.29, 1.82) is 0 Å². The summed E-state index contributed by atoms with van der Waals surface area (Å²) in [6, 6.07) is 15.0. The lowest BCUT2D eigenvalue weighted by Crippen LogP contribution is -2.37. The molecule has 1 aromatic carbocycles. The number of aryl methyl sites for hydroxylation is 2. The lowest BCUT2D eigenvalue weighted by Gasteiger charge is -2.32. The molecule has 0 spiro atoms. The van der Waals surface area contributed by atoms with E-state index in [1.165, 1.54) is 21.9 Å². The fraction of sp³-hybridized carbons (Fsp3) is 0.389. The van der Waals surface area contributed by atoms with E-state index in [0.717, 1.165) is 31.9 Å². The smallest absolute Gasteiger partial charge is 0.173 e. The molecule has 0 bridgehead atoms. The largest absolute Gasteiger partial charge is 0.287 e. The van der Waals surface area contributed by atoms with Gasteiger partial charge in [0.25, 0.3) is 0 Å². The Bertz CT molecular complexity index is 766. The Morgan fingerprint density at radius 1 is 1.04 bits per heavy atom. The Balaban J connectivity index is 1.58. The average Bonchev–Trinajstić information content (AvgIpc) is 3.35. The van der Waals surface area contributed by atoms with Gasteiger partial charge in [-0.05, 0) is 33.9 Å². The van der Waals surface area contributed by atoms with Gasteiger partial charge in [0, 0.05) is 36.0 Å². The number of hydrogen-bond acceptors (Lipinski definition) is 6. The van der Waals surface area contributed by atoms with Crippen LogP contribution < -0.4 is 0 Å². The van der Waals surface area contributed by atoms with Crippen LogP contribution in [0.4, 0.5) is 0 Å². The number of nitrogens with zero attached hydrogens (tertiary/aromatic N) is 5. The Kier molecular flexibility index (Phi) is 5.44. The van der Waals surface area contributed by atoms with Gasteiger partial charge in [0.15, 0.2) is 5.82 Å². The van der Waals surface area contributed by atoms with E-state index in [-0.39, 0.29) is 6.04 Å². The monoisotopic (exact) mass is 371 g/mol. The third kappa shape index (κ3) is 3.94. The van der Waals surface area contributed by atoms with E-state index < -0.39 is 0 Å². The summed E-state index contributed by atoms with van der Waals surface area (Å²) in [5.41, 5.74) is 1.31. The van der Waals surface area contributed by atoms with E-state index >= 15 is 0 Å². The van der Waals surface area contributed by atoms with Crippen LogP contribution in [0, 0.1) is 0 Å². The van der Waals surface area contributed by atoms with Gasteiger partial charge in [-0.15, -0.1) is 16.4 Å². The molecule has 1 fully saturated rings. The highest BCUT2D eigenvalue weighted by atomic mass is 32.2. The van der Waals surface area contributed by atoms with Gasteiger partial charge in [-0.1, -0.05) is 36.4 Å². The van der Waals surface area contributed by atoms with Crippen LogP contribution in [0.25, 0.3) is 0 Å². The van der Waals surface area contributed by atoms with Gasteiger partial charge >= 0.3 is 0 Å². The second-order valence-corrected chi connectivity index (χ2v) is 8.27. The van der Waals surface area contributed by atoms with E-state index in [2.05, 4.69) is 62.2 Å². The van der Waals surface area contributed by atoms with E-state index in [0.29, 0.717) is 0 Å². The molecule has 130 valence electrons. The van der Waals surface area contributed by atoms with Crippen molar-refractivity contribution in [1.82, 2.24) is 25.1 Å². The lowest BCUT2D eigenvalue weighted by atomic mass is 10.1. The maximum Gasteiger partial charge on any atom is 0.173 e. The van der Waals surface area contributed by atoms with Crippen molar-refractivity contribution in [3.05, 3.63) is 64.1 Å². The van der Waals surface area contributed by atoms with Crippen molar-refractivity contribution >= 4 is 23.1 Å². The summed E-state index contributed by atoms with van der Waals surface area (Å²) in [6.07, 6.45) is 0.936. The highest BCUT2D eigenvalue weighted by Gasteiger charge is 2.29. The van der Waals surface area contributed by atoms with Gasteiger partial charge in [-0.2, -0.15) is 11.8 Å². The van der Waals surface area contributed by atoms with E-state index in [1.54, 1.807) is 11.3 Å². The zero-order chi connectivity index (χ0) is 16.9. The van der Waals surface area contributed by atoms with Gasteiger partial charge in [-0.3, -0.25) is 4.90 Å². The number of hydrogen-bond donors (Lipinski definition) is 0. The molecule has 5 nitrogen and oxygen atoms in total. The van der Waals surface area contributed by atoms with Crippen molar-refractivity contribution < 1.29 is 0 Å². The van der Waals surface area contributed by atoms with Gasteiger partial charge in [-0.25, -0.2) is 4.68 Å². The first-order chi connectivity index (χ1) is 12.4. The number of tetrazole rings is 1. The standard InChI is InChI=1S/C18H21N5S2/c1-2-5-15(6-3-1)8-9-23-18(19-20-21-23)17(16-7-4-12-25-16)22-10-13-24-14-11-22/h1-7,12,17H,8-11,13-14H2. The Labute approximate surface area is 156 Å². The normalized spacial score (nSPS) is 16.8. The summed E-state index contributed by atoms with van der Waals surface area (Å²) in [7, 11) is 0. The quantitative estimate of drug-likeness (QED) is 0.666. The SMILES string of the molecule is c1ccc(CCn2nnnc2C(c2cccs2)N2CCSCC2)cc1. The Morgan fingerprint density at radius 3 is 2.64 bits per heavy atom. The molecule has 0 radical (unpaired) electrons. The third-order valence-corrected chi connectivity index (χ3v) is 6.35. The van der Waals surface area contributed by atoms with Crippen molar-refractivity contribution in [2.24, 2.45) is 0 Å². The molecule has 1 atom stereocenters. The molecular formula is C18H21N5S2. The Morgan fingerprint density at radius 2 is 1.88 bits per heavy atom. The maximum absolute atomic E-state index is 4.42. The van der Waals surface area contributed by atoms with E-state index in [1.807, 2.05) is 22.5 Å². The highest BCUT2D eigenvalue weighted by Crippen LogP contribution is 2.32. The number of thioether (sulfide) groups is 1. The predicted molar refractivity (Wildman–Crippen MR) is 103 cm³/mol. The zero-order valence-corrected chi connectivity index (χ0v) is 15.6. The van der Waals surface area contributed by atoms with Gasteiger partial charge in [0.2, 0.25) is 0 Å². The molecule has 3 aromatic rings. The summed E-state index contributed by atoms with van der Waals surface area (Å²) in [6.45, 7) is 2.97. The van der Waals surface area contributed by atoms with E-state index in [4.69, 9.17) is 0 Å². The minimum absolute atomic E-state index is 0.159. The molecular weight excluding hydrogens is 350 g/mol. The van der Waals surface area contributed by atoms with Crippen LogP contribution in [-0.4, -0.2) is 49.7 Å². The van der Waals surface area contributed by atoms with Crippen LogP contribution in [0.1, 0.15) is 22.3 Å². The molecule has 7 heteroatoms. The van der Waals surface area contributed by atoms with Crippen molar-refractivity contribution in [2.75, 3.05) is 24.6 Å². The van der Waals surface area contributed by atoms with Crippen LogP contribution in [0.3, 0.4) is 0 Å². The van der Waals surface area contributed by atoms with Gasteiger partial charge < -0.3 is 0 Å². The second-order valence-electron chi connectivity index (χ2n) is 6.06. The topological polar surface area (TPSA) is 46.8 Å². The molecule has 0 aliphatic carbocycles. The molecule has 25 heavy (non-hydrogen) atoms. The minimum atomic E-state index is 0.159. The summed E-state index contributed by atoms with van der Waals surface area (Å²) >= 11 is 3.81. The molecule has 1 unspecified atom stereocenters.